The van der Waals surface area contributed by atoms with Crippen molar-refractivity contribution in [2.24, 2.45) is 0 Å². The Balaban J connectivity index is 1.74. The fraction of sp³-hybridized carbons (Fsp3) is 0.400. The number of anilines is 1. The molecule has 1 aromatic carbocycles. The number of hydrogen-bond donors (Lipinski definition) is 1. The van der Waals surface area contributed by atoms with Crippen molar-refractivity contribution in [3.8, 4) is 0 Å². The number of nitrogens with one attached hydrogen (secondary N) is 1. The van der Waals surface area contributed by atoms with E-state index < -0.39 is 0 Å². The minimum absolute atomic E-state index is 0.0550. The van der Waals surface area contributed by atoms with Gasteiger partial charge in [0, 0.05) is 13.0 Å². The van der Waals surface area contributed by atoms with Crippen LogP contribution < -0.4 is 5.32 Å². The zero-order valence-electron chi connectivity index (χ0n) is 12.0. The van der Waals surface area contributed by atoms with Gasteiger partial charge in [-0.15, -0.1) is 10.2 Å². The minimum Gasteiger partial charge on any atom is -0.372 e. The number of hydrogen-bond acceptors (Lipinski definition) is 5. The molecule has 0 aliphatic rings. The van der Waals surface area contributed by atoms with E-state index in [-0.39, 0.29) is 12.5 Å². The molecule has 1 N–H and O–H groups in total. The molecule has 2 rings (SSSR count). The lowest BCUT2D eigenvalue weighted by atomic mass is 10.1. The van der Waals surface area contributed by atoms with Crippen LogP contribution in [0.5, 0.6) is 0 Å². The van der Waals surface area contributed by atoms with Crippen molar-refractivity contribution in [2.75, 3.05) is 18.5 Å². The summed E-state index contributed by atoms with van der Waals surface area (Å²) in [6.45, 7) is 2.43. The van der Waals surface area contributed by atoms with E-state index in [4.69, 9.17) is 4.74 Å². The second kappa shape index (κ2) is 8.49. The summed E-state index contributed by atoms with van der Waals surface area (Å²) in [4.78, 5) is 11.5. The largest absolute Gasteiger partial charge is 0.372 e. The van der Waals surface area contributed by atoms with Gasteiger partial charge in [0.1, 0.15) is 11.6 Å². The lowest BCUT2D eigenvalue weighted by molar-refractivity contribution is -0.120. The predicted molar refractivity (Wildman–Crippen MR) is 83.5 cm³/mol. The van der Waals surface area contributed by atoms with Crippen LogP contribution in [0.4, 0.5) is 5.13 Å². The van der Waals surface area contributed by atoms with Gasteiger partial charge in [-0.3, -0.25) is 10.1 Å². The molecule has 112 valence electrons. The Kier molecular flexibility index (Phi) is 6.30. The Morgan fingerprint density at radius 2 is 2.05 bits per heavy atom. The number of carbonyl (C=O) groups excluding carboxylic acids is 1. The predicted octanol–water partition coefficient (Wildman–Crippen LogP) is 2.69. The first kappa shape index (κ1) is 15.6. The van der Waals surface area contributed by atoms with Crippen LogP contribution in [0, 0.1) is 0 Å². The topological polar surface area (TPSA) is 64.1 Å². The molecule has 0 spiro atoms. The number of aryl methyl sites for hydroxylation is 2. The molecule has 0 saturated carbocycles. The van der Waals surface area contributed by atoms with E-state index in [0.717, 1.165) is 24.3 Å². The van der Waals surface area contributed by atoms with Crippen LogP contribution >= 0.6 is 11.3 Å². The summed E-state index contributed by atoms with van der Waals surface area (Å²) in [5.41, 5.74) is 1.33. The highest BCUT2D eigenvalue weighted by Crippen LogP contribution is 2.17. The van der Waals surface area contributed by atoms with E-state index in [0.29, 0.717) is 11.7 Å². The van der Waals surface area contributed by atoms with Crippen molar-refractivity contribution in [2.45, 2.75) is 26.2 Å². The Labute approximate surface area is 128 Å². The molecule has 1 aromatic heterocycles. The molecule has 0 fully saturated rings. The highest BCUT2D eigenvalue weighted by molar-refractivity contribution is 7.15. The molecular weight excluding hydrogens is 286 g/mol. The van der Waals surface area contributed by atoms with Crippen LogP contribution in [0.3, 0.4) is 0 Å². The second-order valence-corrected chi connectivity index (χ2v) is 5.59. The third-order valence-corrected chi connectivity index (χ3v) is 3.75. The number of ether oxygens (including phenoxy) is 1. The number of amides is 1. The van der Waals surface area contributed by atoms with Gasteiger partial charge < -0.3 is 4.74 Å². The first-order valence-electron chi connectivity index (χ1n) is 7.02. The van der Waals surface area contributed by atoms with Gasteiger partial charge in [0.2, 0.25) is 5.13 Å². The van der Waals surface area contributed by atoms with E-state index in [1.807, 2.05) is 25.1 Å². The van der Waals surface area contributed by atoms with Gasteiger partial charge in [-0.1, -0.05) is 41.7 Å². The summed E-state index contributed by atoms with van der Waals surface area (Å²) in [6, 6.07) is 10.4. The average Bonchev–Trinajstić information content (AvgIpc) is 2.93. The summed E-state index contributed by atoms with van der Waals surface area (Å²) in [7, 11) is 0. The zero-order valence-corrected chi connectivity index (χ0v) is 12.9. The maximum absolute atomic E-state index is 11.5. The molecule has 0 unspecified atom stereocenters. The maximum atomic E-state index is 11.5. The average molecular weight is 305 g/mol. The van der Waals surface area contributed by atoms with Crippen molar-refractivity contribution in [1.29, 1.82) is 0 Å². The highest BCUT2D eigenvalue weighted by atomic mass is 32.1. The van der Waals surface area contributed by atoms with Crippen LogP contribution in [-0.2, 0) is 22.4 Å². The molecule has 0 radical (unpaired) electrons. The molecule has 0 atom stereocenters. The second-order valence-electron chi connectivity index (χ2n) is 4.53. The molecule has 0 saturated heterocycles. The Morgan fingerprint density at radius 1 is 1.24 bits per heavy atom. The highest BCUT2D eigenvalue weighted by Gasteiger charge is 2.08. The Bertz CT molecular complexity index is 557. The van der Waals surface area contributed by atoms with E-state index in [2.05, 4.69) is 27.6 Å². The maximum Gasteiger partial charge on any atom is 0.252 e. The van der Waals surface area contributed by atoms with Crippen LogP contribution in [0.25, 0.3) is 0 Å². The number of nitrogens with zero attached hydrogens (tertiary/aromatic N) is 2. The molecular formula is C15H19N3O2S. The van der Waals surface area contributed by atoms with Crippen molar-refractivity contribution in [3.63, 3.8) is 0 Å². The minimum atomic E-state index is -0.191. The third kappa shape index (κ3) is 5.61. The SMILES string of the molecule is CCOCC(=O)Nc1nnc(CCCc2ccccc2)s1. The lowest BCUT2D eigenvalue weighted by Crippen LogP contribution is -2.17. The van der Waals surface area contributed by atoms with Crippen molar-refractivity contribution < 1.29 is 9.53 Å². The van der Waals surface area contributed by atoms with E-state index in [9.17, 15) is 4.79 Å². The molecule has 2 aromatic rings. The van der Waals surface area contributed by atoms with Crippen molar-refractivity contribution >= 4 is 22.4 Å². The quantitative estimate of drug-likeness (QED) is 0.814. The Morgan fingerprint density at radius 3 is 2.81 bits per heavy atom. The first-order chi connectivity index (χ1) is 10.3. The lowest BCUT2D eigenvalue weighted by Gasteiger charge is -2.00. The number of carbonyl (C=O) groups is 1. The standard InChI is InChI=1S/C15H19N3O2S/c1-2-20-11-13(19)16-15-18-17-14(21-15)10-6-9-12-7-4-3-5-8-12/h3-5,7-8H,2,6,9-11H2,1H3,(H,16,18,19). The molecule has 1 heterocycles. The molecule has 0 aliphatic heterocycles. The van der Waals surface area contributed by atoms with Crippen LogP contribution in [0.2, 0.25) is 0 Å². The third-order valence-electron chi connectivity index (χ3n) is 2.85. The fourth-order valence-corrected chi connectivity index (χ4v) is 2.64. The molecule has 1 amide bonds. The summed E-state index contributed by atoms with van der Waals surface area (Å²) in [5, 5.41) is 12.2. The van der Waals surface area contributed by atoms with Gasteiger partial charge in [0.05, 0.1) is 0 Å². The van der Waals surface area contributed by atoms with Crippen LogP contribution in [0.1, 0.15) is 23.9 Å². The van der Waals surface area contributed by atoms with Gasteiger partial charge in [-0.25, -0.2) is 0 Å². The molecule has 6 heteroatoms. The van der Waals surface area contributed by atoms with E-state index >= 15 is 0 Å². The van der Waals surface area contributed by atoms with E-state index in [1.165, 1.54) is 16.9 Å². The monoisotopic (exact) mass is 305 g/mol. The fourth-order valence-electron chi connectivity index (χ4n) is 1.84. The molecule has 21 heavy (non-hydrogen) atoms. The summed E-state index contributed by atoms with van der Waals surface area (Å²) in [5.74, 6) is -0.191. The van der Waals surface area contributed by atoms with Crippen molar-refractivity contribution in [1.82, 2.24) is 10.2 Å². The van der Waals surface area contributed by atoms with E-state index in [1.54, 1.807) is 0 Å². The van der Waals surface area contributed by atoms with Gasteiger partial charge >= 0.3 is 0 Å². The molecule has 0 bridgehead atoms. The van der Waals surface area contributed by atoms with Gasteiger partial charge in [0.15, 0.2) is 0 Å². The number of rotatable bonds is 8. The van der Waals surface area contributed by atoms with Gasteiger partial charge in [-0.05, 0) is 25.3 Å². The summed E-state index contributed by atoms with van der Waals surface area (Å²) in [6.07, 6.45) is 2.91. The smallest absolute Gasteiger partial charge is 0.252 e. The summed E-state index contributed by atoms with van der Waals surface area (Å²) >= 11 is 1.42. The number of benzene rings is 1. The molecule has 0 aliphatic carbocycles. The zero-order chi connectivity index (χ0) is 14.9. The van der Waals surface area contributed by atoms with Gasteiger partial charge in [0.25, 0.3) is 5.91 Å². The summed E-state index contributed by atoms with van der Waals surface area (Å²) < 4.78 is 5.03. The number of aromatic nitrogens is 2. The first-order valence-corrected chi connectivity index (χ1v) is 7.83. The Hall–Kier alpha value is -1.79. The van der Waals surface area contributed by atoms with Crippen LogP contribution in [0.15, 0.2) is 30.3 Å². The van der Waals surface area contributed by atoms with Crippen LogP contribution in [-0.4, -0.2) is 29.3 Å². The van der Waals surface area contributed by atoms with Gasteiger partial charge in [-0.2, -0.15) is 0 Å². The van der Waals surface area contributed by atoms with Crippen molar-refractivity contribution in [3.05, 3.63) is 40.9 Å². The molecule has 5 nitrogen and oxygen atoms in total. The normalized spacial score (nSPS) is 10.5.